The highest BCUT2D eigenvalue weighted by Gasteiger charge is 2.22. The molecular formula is C14H17ClN4OS. The molecule has 112 valence electrons. The number of rotatable bonds is 5. The maximum absolute atomic E-state index is 12.4. The highest BCUT2D eigenvalue weighted by molar-refractivity contribution is 7.17. The third kappa shape index (κ3) is 3.71. The summed E-state index contributed by atoms with van der Waals surface area (Å²) >= 11 is 7.26. The van der Waals surface area contributed by atoms with Gasteiger partial charge < -0.3 is 10.2 Å². The second-order valence-corrected chi connectivity index (χ2v) is 6.00. The van der Waals surface area contributed by atoms with Crippen molar-refractivity contribution in [2.24, 2.45) is 0 Å². The predicted octanol–water partition coefficient (Wildman–Crippen LogP) is 3.46. The van der Waals surface area contributed by atoms with E-state index in [9.17, 15) is 4.79 Å². The molecule has 2 rings (SSSR count). The van der Waals surface area contributed by atoms with E-state index < -0.39 is 0 Å². The van der Waals surface area contributed by atoms with Gasteiger partial charge in [0, 0.05) is 18.6 Å². The van der Waals surface area contributed by atoms with E-state index in [1.807, 2.05) is 38.1 Å². The fourth-order valence-corrected chi connectivity index (χ4v) is 2.84. The average molecular weight is 325 g/mol. The number of carbonyl (C=O) groups is 1. The van der Waals surface area contributed by atoms with E-state index in [0.29, 0.717) is 15.2 Å². The van der Waals surface area contributed by atoms with Crippen LogP contribution in [0.25, 0.3) is 0 Å². The molecule has 1 amide bonds. The zero-order valence-corrected chi connectivity index (χ0v) is 13.7. The molecule has 0 radical (unpaired) electrons. The molecule has 1 unspecified atom stereocenters. The van der Waals surface area contributed by atoms with Crippen LogP contribution in [-0.4, -0.2) is 34.6 Å². The minimum atomic E-state index is -0.149. The Hall–Kier alpha value is -1.66. The number of aromatic nitrogens is 2. The maximum atomic E-state index is 12.4. The summed E-state index contributed by atoms with van der Waals surface area (Å²) in [5.41, 5.74) is 0.981. The Morgan fingerprint density at radius 1 is 1.48 bits per heavy atom. The fourth-order valence-electron chi connectivity index (χ4n) is 1.85. The molecule has 1 atom stereocenters. The zero-order valence-electron chi connectivity index (χ0n) is 12.1. The minimum Gasteiger partial charge on any atom is -0.360 e. The molecule has 0 saturated carbocycles. The van der Waals surface area contributed by atoms with E-state index in [2.05, 4.69) is 15.5 Å². The molecule has 1 N–H and O–H groups in total. The average Bonchev–Trinajstić information content (AvgIpc) is 2.94. The van der Waals surface area contributed by atoms with Crippen LogP contribution in [0, 0.1) is 0 Å². The first kappa shape index (κ1) is 15.7. The quantitative estimate of drug-likeness (QED) is 0.915. The van der Waals surface area contributed by atoms with Crippen LogP contribution in [0.3, 0.4) is 0 Å². The summed E-state index contributed by atoms with van der Waals surface area (Å²) in [7, 11) is 1.75. The lowest BCUT2D eigenvalue weighted by Gasteiger charge is -2.24. The van der Waals surface area contributed by atoms with Gasteiger partial charge in [-0.3, -0.25) is 4.79 Å². The minimum absolute atomic E-state index is 0.0947. The molecule has 7 heteroatoms. The molecule has 5 nitrogen and oxygen atoms in total. The molecule has 1 heterocycles. The first-order valence-corrected chi connectivity index (χ1v) is 7.82. The van der Waals surface area contributed by atoms with Gasteiger partial charge in [0.05, 0.1) is 6.04 Å². The Morgan fingerprint density at radius 2 is 2.24 bits per heavy atom. The van der Waals surface area contributed by atoms with Crippen molar-refractivity contribution in [3.63, 3.8) is 0 Å². The van der Waals surface area contributed by atoms with Crippen molar-refractivity contribution in [1.29, 1.82) is 0 Å². The predicted molar refractivity (Wildman–Crippen MR) is 86.0 cm³/mol. The molecule has 0 spiro atoms. The van der Waals surface area contributed by atoms with E-state index in [1.165, 1.54) is 11.3 Å². The SMILES string of the molecule is CCNc1nnc(C(=O)N(C)C(C)c2cccc(Cl)c2)s1. The van der Waals surface area contributed by atoms with Gasteiger partial charge in [0.2, 0.25) is 10.1 Å². The van der Waals surface area contributed by atoms with Crippen LogP contribution in [0.4, 0.5) is 5.13 Å². The lowest BCUT2D eigenvalue weighted by Crippen LogP contribution is -2.29. The van der Waals surface area contributed by atoms with Gasteiger partial charge in [-0.15, -0.1) is 10.2 Å². The van der Waals surface area contributed by atoms with Gasteiger partial charge in [-0.1, -0.05) is 35.1 Å². The molecule has 0 aliphatic rings. The molecule has 21 heavy (non-hydrogen) atoms. The van der Waals surface area contributed by atoms with Crippen LogP contribution >= 0.6 is 22.9 Å². The number of halogens is 1. The lowest BCUT2D eigenvalue weighted by molar-refractivity contribution is 0.0741. The Balaban J connectivity index is 2.14. The fraction of sp³-hybridized carbons (Fsp3) is 0.357. The van der Waals surface area contributed by atoms with Crippen molar-refractivity contribution in [2.45, 2.75) is 19.9 Å². The monoisotopic (exact) mass is 324 g/mol. The van der Waals surface area contributed by atoms with Crippen molar-refractivity contribution in [3.05, 3.63) is 39.9 Å². The molecule has 1 aromatic carbocycles. The second kappa shape index (κ2) is 6.87. The second-order valence-electron chi connectivity index (χ2n) is 4.59. The van der Waals surface area contributed by atoms with Crippen molar-refractivity contribution >= 4 is 34.0 Å². The molecule has 0 aliphatic heterocycles. The van der Waals surface area contributed by atoms with Crippen LogP contribution in [0.1, 0.15) is 35.3 Å². The lowest BCUT2D eigenvalue weighted by atomic mass is 10.1. The van der Waals surface area contributed by atoms with Crippen molar-refractivity contribution in [3.8, 4) is 0 Å². The normalized spacial score (nSPS) is 12.0. The van der Waals surface area contributed by atoms with Crippen LogP contribution in [0.15, 0.2) is 24.3 Å². The van der Waals surface area contributed by atoms with Gasteiger partial charge in [-0.05, 0) is 31.5 Å². The highest BCUT2D eigenvalue weighted by atomic mass is 35.5. The van der Waals surface area contributed by atoms with E-state index in [-0.39, 0.29) is 11.9 Å². The molecule has 0 aliphatic carbocycles. The first-order valence-electron chi connectivity index (χ1n) is 6.63. The topological polar surface area (TPSA) is 58.1 Å². The summed E-state index contributed by atoms with van der Waals surface area (Å²) in [6.07, 6.45) is 0. The molecular weight excluding hydrogens is 308 g/mol. The number of hydrogen-bond donors (Lipinski definition) is 1. The number of nitrogens with zero attached hydrogens (tertiary/aromatic N) is 3. The third-order valence-corrected chi connectivity index (χ3v) is 4.27. The molecule has 2 aromatic rings. The smallest absolute Gasteiger partial charge is 0.285 e. The number of anilines is 1. The highest BCUT2D eigenvalue weighted by Crippen LogP contribution is 2.24. The van der Waals surface area contributed by atoms with Gasteiger partial charge in [-0.25, -0.2) is 0 Å². The largest absolute Gasteiger partial charge is 0.360 e. The van der Waals surface area contributed by atoms with Gasteiger partial charge in [0.25, 0.3) is 5.91 Å². The maximum Gasteiger partial charge on any atom is 0.285 e. The van der Waals surface area contributed by atoms with Gasteiger partial charge >= 0.3 is 0 Å². The molecule has 0 bridgehead atoms. The number of amides is 1. The Bertz CT molecular complexity index is 631. The van der Waals surface area contributed by atoms with Crippen molar-refractivity contribution < 1.29 is 4.79 Å². The Kier molecular flexibility index (Phi) is 5.14. The Morgan fingerprint density at radius 3 is 2.90 bits per heavy atom. The summed E-state index contributed by atoms with van der Waals surface area (Å²) in [4.78, 5) is 14.1. The van der Waals surface area contributed by atoms with E-state index in [0.717, 1.165) is 12.1 Å². The van der Waals surface area contributed by atoms with Crippen molar-refractivity contribution in [2.75, 3.05) is 18.9 Å². The molecule has 0 saturated heterocycles. The molecule has 1 aromatic heterocycles. The van der Waals surface area contributed by atoms with Crippen molar-refractivity contribution in [1.82, 2.24) is 15.1 Å². The van der Waals surface area contributed by atoms with E-state index in [1.54, 1.807) is 11.9 Å². The van der Waals surface area contributed by atoms with Crippen LogP contribution in [0.5, 0.6) is 0 Å². The number of nitrogens with one attached hydrogen (secondary N) is 1. The first-order chi connectivity index (χ1) is 10.0. The Labute approximate surface area is 133 Å². The third-order valence-electron chi connectivity index (χ3n) is 3.17. The number of carbonyl (C=O) groups excluding carboxylic acids is 1. The summed E-state index contributed by atoms with van der Waals surface area (Å²) in [6.45, 7) is 4.67. The van der Waals surface area contributed by atoms with Gasteiger partial charge in [-0.2, -0.15) is 0 Å². The van der Waals surface area contributed by atoms with Crippen LogP contribution in [0.2, 0.25) is 5.02 Å². The zero-order chi connectivity index (χ0) is 15.4. The van der Waals surface area contributed by atoms with Gasteiger partial charge in [0.15, 0.2) is 0 Å². The van der Waals surface area contributed by atoms with Gasteiger partial charge in [0.1, 0.15) is 0 Å². The van der Waals surface area contributed by atoms with Crippen LogP contribution < -0.4 is 5.32 Å². The number of benzene rings is 1. The summed E-state index contributed by atoms with van der Waals surface area (Å²) in [5, 5.41) is 12.6. The number of hydrogen-bond acceptors (Lipinski definition) is 5. The summed E-state index contributed by atoms with van der Waals surface area (Å²) in [6, 6.07) is 7.40. The molecule has 0 fully saturated rings. The summed E-state index contributed by atoms with van der Waals surface area (Å²) in [5.74, 6) is -0.149. The summed E-state index contributed by atoms with van der Waals surface area (Å²) < 4.78 is 0. The van der Waals surface area contributed by atoms with Crippen LogP contribution in [-0.2, 0) is 0 Å². The standard InChI is InChI=1S/C14H17ClN4OS/c1-4-16-14-18-17-12(21-14)13(20)19(3)9(2)10-6-5-7-11(15)8-10/h5-9H,4H2,1-3H3,(H,16,18). The van der Waals surface area contributed by atoms with E-state index >= 15 is 0 Å². The van der Waals surface area contributed by atoms with E-state index in [4.69, 9.17) is 11.6 Å².